The molecule has 1 amide bonds. The van der Waals surface area contributed by atoms with Gasteiger partial charge in [-0.2, -0.15) is 0 Å². The normalized spacial score (nSPS) is 14.7. The monoisotopic (exact) mass is 430 g/mol. The molecule has 4 nitrogen and oxygen atoms in total. The van der Waals surface area contributed by atoms with Crippen LogP contribution in [0.25, 0.3) is 11.3 Å². The van der Waals surface area contributed by atoms with E-state index >= 15 is 0 Å². The SMILES string of the molecule is O=C(C1CCOCC1)N(Cc1ccc(F)cc1)c1nc(-c2ccccc2Cl)cs1. The van der Waals surface area contributed by atoms with Crippen molar-refractivity contribution in [2.45, 2.75) is 19.4 Å². The van der Waals surface area contributed by atoms with Crippen molar-refractivity contribution in [2.24, 2.45) is 5.92 Å². The van der Waals surface area contributed by atoms with Gasteiger partial charge in [0.05, 0.1) is 12.2 Å². The molecule has 3 aromatic rings. The summed E-state index contributed by atoms with van der Waals surface area (Å²) >= 11 is 7.72. The molecule has 0 aliphatic carbocycles. The molecule has 1 fully saturated rings. The number of rotatable bonds is 5. The molecule has 150 valence electrons. The Hall–Kier alpha value is -2.28. The summed E-state index contributed by atoms with van der Waals surface area (Å²) in [6.07, 6.45) is 1.39. The Morgan fingerprint density at radius 1 is 1.17 bits per heavy atom. The molecular weight excluding hydrogens is 411 g/mol. The number of carbonyl (C=O) groups excluding carboxylic acids is 1. The fourth-order valence-electron chi connectivity index (χ4n) is 3.36. The van der Waals surface area contributed by atoms with Crippen molar-refractivity contribution in [1.82, 2.24) is 4.98 Å². The van der Waals surface area contributed by atoms with E-state index in [0.717, 1.165) is 16.8 Å². The van der Waals surface area contributed by atoms with Gasteiger partial charge in [0.1, 0.15) is 5.82 Å². The summed E-state index contributed by atoms with van der Waals surface area (Å²) in [6.45, 7) is 1.51. The Bertz CT molecular complexity index is 986. The Balaban J connectivity index is 1.65. The number of amides is 1. The average Bonchev–Trinajstić information content (AvgIpc) is 3.23. The first kappa shape index (κ1) is 20.0. The van der Waals surface area contributed by atoms with Crippen molar-refractivity contribution in [3.05, 3.63) is 70.3 Å². The van der Waals surface area contributed by atoms with Crippen LogP contribution in [0.5, 0.6) is 0 Å². The minimum atomic E-state index is -0.300. The van der Waals surface area contributed by atoms with E-state index in [-0.39, 0.29) is 17.6 Å². The number of nitrogens with zero attached hydrogens (tertiary/aromatic N) is 2. The topological polar surface area (TPSA) is 42.4 Å². The number of ether oxygens (including phenoxy) is 1. The van der Waals surface area contributed by atoms with Gasteiger partial charge in [0, 0.05) is 35.1 Å². The van der Waals surface area contributed by atoms with Crippen molar-refractivity contribution in [3.63, 3.8) is 0 Å². The summed E-state index contributed by atoms with van der Waals surface area (Å²) in [5.41, 5.74) is 2.41. The molecule has 29 heavy (non-hydrogen) atoms. The van der Waals surface area contributed by atoms with Gasteiger partial charge in [-0.05, 0) is 36.6 Å². The molecule has 2 aromatic carbocycles. The van der Waals surface area contributed by atoms with Crippen LogP contribution in [0.15, 0.2) is 53.9 Å². The highest BCUT2D eigenvalue weighted by atomic mass is 35.5. The molecule has 0 atom stereocenters. The number of thiazole rings is 1. The zero-order chi connectivity index (χ0) is 20.2. The lowest BCUT2D eigenvalue weighted by Crippen LogP contribution is -2.38. The smallest absolute Gasteiger partial charge is 0.232 e. The number of hydrogen-bond acceptors (Lipinski definition) is 4. The number of halogens is 2. The molecule has 7 heteroatoms. The molecule has 0 bridgehead atoms. The minimum absolute atomic E-state index is 0.0256. The van der Waals surface area contributed by atoms with E-state index in [9.17, 15) is 9.18 Å². The second-order valence-corrected chi connectivity index (χ2v) is 8.18. The summed E-state index contributed by atoms with van der Waals surface area (Å²) in [5, 5.41) is 3.14. The Morgan fingerprint density at radius 3 is 2.62 bits per heavy atom. The standard InChI is InChI=1S/C22H20ClFN2O2S/c23-19-4-2-1-3-18(19)20-14-29-22(25-20)26(13-15-5-7-17(24)8-6-15)21(27)16-9-11-28-12-10-16/h1-8,14,16H,9-13H2. The molecule has 1 aliphatic rings. The summed E-state index contributed by atoms with van der Waals surface area (Å²) in [6, 6.07) is 13.7. The van der Waals surface area contributed by atoms with Crippen LogP contribution in [0.2, 0.25) is 5.02 Å². The molecule has 0 radical (unpaired) electrons. The largest absolute Gasteiger partial charge is 0.381 e. The number of hydrogen-bond donors (Lipinski definition) is 0. The van der Waals surface area contributed by atoms with Gasteiger partial charge in [0.15, 0.2) is 5.13 Å². The highest BCUT2D eigenvalue weighted by Crippen LogP contribution is 2.33. The molecule has 1 saturated heterocycles. The van der Waals surface area contributed by atoms with Crippen LogP contribution in [0.3, 0.4) is 0 Å². The van der Waals surface area contributed by atoms with Crippen LogP contribution in [0.1, 0.15) is 18.4 Å². The third kappa shape index (κ3) is 4.66. The number of benzene rings is 2. The summed E-state index contributed by atoms with van der Waals surface area (Å²) in [7, 11) is 0. The van der Waals surface area contributed by atoms with Crippen molar-refractivity contribution in [2.75, 3.05) is 18.1 Å². The number of aromatic nitrogens is 1. The van der Waals surface area contributed by atoms with E-state index in [2.05, 4.69) is 0 Å². The van der Waals surface area contributed by atoms with E-state index in [0.29, 0.717) is 42.8 Å². The first-order chi connectivity index (χ1) is 14.1. The molecule has 2 heterocycles. The maximum Gasteiger partial charge on any atom is 0.232 e. The summed E-state index contributed by atoms with van der Waals surface area (Å²) < 4.78 is 18.7. The van der Waals surface area contributed by atoms with Gasteiger partial charge in [0.25, 0.3) is 0 Å². The maximum absolute atomic E-state index is 13.3. The van der Waals surface area contributed by atoms with Gasteiger partial charge in [-0.15, -0.1) is 11.3 Å². The van der Waals surface area contributed by atoms with E-state index in [1.807, 2.05) is 29.6 Å². The Morgan fingerprint density at radius 2 is 1.90 bits per heavy atom. The molecule has 0 spiro atoms. The van der Waals surface area contributed by atoms with E-state index in [4.69, 9.17) is 21.3 Å². The zero-order valence-corrected chi connectivity index (χ0v) is 17.3. The van der Waals surface area contributed by atoms with Gasteiger partial charge < -0.3 is 4.74 Å². The van der Waals surface area contributed by atoms with Crippen LogP contribution >= 0.6 is 22.9 Å². The molecule has 0 saturated carbocycles. The maximum atomic E-state index is 13.3. The Kier molecular flexibility index (Phi) is 6.23. The Labute approximate surface area is 177 Å². The van der Waals surface area contributed by atoms with Gasteiger partial charge in [0.2, 0.25) is 5.91 Å². The van der Waals surface area contributed by atoms with Gasteiger partial charge in [-0.25, -0.2) is 9.37 Å². The lowest BCUT2D eigenvalue weighted by molar-refractivity contribution is -0.125. The predicted molar refractivity (Wildman–Crippen MR) is 114 cm³/mol. The van der Waals surface area contributed by atoms with Gasteiger partial charge >= 0.3 is 0 Å². The van der Waals surface area contributed by atoms with Crippen molar-refractivity contribution in [1.29, 1.82) is 0 Å². The second kappa shape index (κ2) is 9.03. The first-order valence-corrected chi connectivity index (χ1v) is 10.7. The van der Waals surface area contributed by atoms with Crippen LogP contribution in [-0.2, 0) is 16.1 Å². The third-order valence-corrected chi connectivity index (χ3v) is 6.16. The highest BCUT2D eigenvalue weighted by Gasteiger charge is 2.29. The second-order valence-electron chi connectivity index (χ2n) is 6.93. The van der Waals surface area contributed by atoms with Crippen molar-refractivity contribution < 1.29 is 13.9 Å². The summed E-state index contributed by atoms with van der Waals surface area (Å²) in [5.74, 6) is -0.374. The zero-order valence-electron chi connectivity index (χ0n) is 15.7. The van der Waals surface area contributed by atoms with Crippen LogP contribution in [0, 0.1) is 11.7 Å². The highest BCUT2D eigenvalue weighted by molar-refractivity contribution is 7.14. The quantitative estimate of drug-likeness (QED) is 0.532. The fraction of sp³-hybridized carbons (Fsp3) is 0.273. The van der Waals surface area contributed by atoms with Crippen molar-refractivity contribution in [3.8, 4) is 11.3 Å². The number of carbonyl (C=O) groups is 1. The lowest BCUT2D eigenvalue weighted by Gasteiger charge is -2.28. The van der Waals surface area contributed by atoms with Gasteiger partial charge in [-0.3, -0.25) is 9.69 Å². The molecule has 0 unspecified atom stereocenters. The third-order valence-electron chi connectivity index (χ3n) is 4.96. The van der Waals surface area contributed by atoms with Gasteiger partial charge in [-0.1, -0.05) is 41.9 Å². The van der Waals surface area contributed by atoms with Crippen LogP contribution < -0.4 is 4.90 Å². The van der Waals surface area contributed by atoms with E-state index < -0.39 is 0 Å². The van der Waals surface area contributed by atoms with Crippen molar-refractivity contribution >= 4 is 34.0 Å². The lowest BCUT2D eigenvalue weighted by atomic mass is 9.98. The molecule has 4 rings (SSSR count). The van der Waals surface area contributed by atoms with Crippen LogP contribution in [0.4, 0.5) is 9.52 Å². The van der Waals surface area contributed by atoms with Crippen LogP contribution in [-0.4, -0.2) is 24.1 Å². The summed E-state index contributed by atoms with van der Waals surface area (Å²) in [4.78, 5) is 19.7. The first-order valence-electron chi connectivity index (χ1n) is 9.46. The number of anilines is 1. The fourth-order valence-corrected chi connectivity index (χ4v) is 4.42. The van der Waals surface area contributed by atoms with E-state index in [1.165, 1.54) is 23.5 Å². The predicted octanol–water partition coefficient (Wildman–Crippen LogP) is 5.56. The van der Waals surface area contributed by atoms with E-state index in [1.54, 1.807) is 17.0 Å². The average molecular weight is 431 g/mol. The molecule has 1 aliphatic heterocycles. The molecule has 0 N–H and O–H groups in total. The molecular formula is C22H20ClFN2O2S. The molecule has 1 aromatic heterocycles. The minimum Gasteiger partial charge on any atom is -0.381 e.